The van der Waals surface area contributed by atoms with E-state index < -0.39 is 61.8 Å². The van der Waals surface area contributed by atoms with E-state index in [-0.39, 0.29) is 19.3 Å². The van der Waals surface area contributed by atoms with Crippen molar-refractivity contribution in [3.8, 4) is 0 Å². The summed E-state index contributed by atoms with van der Waals surface area (Å²) in [5, 5.41) is 0. The van der Waals surface area contributed by atoms with E-state index in [9.17, 15) is 25.3 Å². The Morgan fingerprint density at radius 1 is 0.385 bits per heavy atom. The topological polar surface area (TPSA) is 138 Å². The minimum Gasteiger partial charge on any atom is -0.0654 e. The molecule has 9 nitrogen and oxygen atoms in total. The number of hydrogen-bond donors (Lipinski definition) is 0. The Morgan fingerprint density at radius 2 is 0.615 bits per heavy atom. The first-order chi connectivity index (χ1) is 24.6. The van der Waals surface area contributed by atoms with E-state index in [0.29, 0.717) is 19.3 Å². The summed E-state index contributed by atoms with van der Waals surface area (Å²) < 4.78 is 110. The molecule has 0 saturated carbocycles. The van der Waals surface area contributed by atoms with E-state index in [0.717, 1.165) is 77.0 Å². The molecule has 0 unspecified atom stereocenters. The molecule has 0 amide bonds. The smallest absolute Gasteiger partial charge is 0.0654 e. The molecule has 0 atom stereocenters. The van der Waals surface area contributed by atoms with E-state index in [1.165, 1.54) is 90.9 Å². The molecule has 0 saturated heterocycles. The second-order valence-corrected chi connectivity index (χ2v) is 36.9. The van der Waals surface area contributed by atoms with Crippen LogP contribution in [0.15, 0.2) is 0 Å². The van der Waals surface area contributed by atoms with Crippen molar-refractivity contribution in [2.24, 2.45) is 0 Å². The SMILES string of the molecule is CCCCCCCCCCCCS(=O)(=O)[O][Ti](=[O])([O]C(C)C)([S](=O)(=O)CCCCCCCCCCCC)[S](=O)(=O)CCCCCCCCCCCC. The minimum atomic E-state index is -8.14. The molecule has 0 radical (unpaired) electrons. The molecule has 0 aromatic carbocycles. The van der Waals surface area contributed by atoms with Crippen LogP contribution in [0, 0.1) is 0 Å². The van der Waals surface area contributed by atoms with Crippen LogP contribution in [0.2, 0.25) is 0 Å². The molecule has 13 heteroatoms. The third-order valence-corrected chi connectivity index (χ3v) is 39.0. The van der Waals surface area contributed by atoms with Gasteiger partial charge in [-0.2, -0.15) is 0 Å². The van der Waals surface area contributed by atoms with Crippen LogP contribution in [0.25, 0.3) is 0 Å². The maximum atomic E-state index is 15.2. The predicted octanol–water partition coefficient (Wildman–Crippen LogP) is 12.0. The van der Waals surface area contributed by atoms with Gasteiger partial charge in [-0.3, -0.25) is 0 Å². The molecular weight excluding hydrogens is 756 g/mol. The summed E-state index contributed by atoms with van der Waals surface area (Å²) in [7, 11) is -15.2. The van der Waals surface area contributed by atoms with Gasteiger partial charge in [0.2, 0.25) is 0 Å². The Hall–Kier alpha value is 0.284. The van der Waals surface area contributed by atoms with Gasteiger partial charge in [0.05, 0.1) is 0 Å². The first-order valence-electron chi connectivity index (χ1n) is 21.6. The van der Waals surface area contributed by atoms with Crippen molar-refractivity contribution in [3.63, 3.8) is 0 Å². The van der Waals surface area contributed by atoms with Gasteiger partial charge in [-0.05, 0) is 0 Å². The first kappa shape index (κ1) is 52.3. The maximum absolute atomic E-state index is 15.2. The normalized spacial score (nSPS) is 13.4. The Morgan fingerprint density at radius 3 is 0.865 bits per heavy atom. The van der Waals surface area contributed by atoms with Gasteiger partial charge in [0.15, 0.2) is 0 Å². The molecule has 0 aromatic heterocycles. The zero-order valence-electron chi connectivity index (χ0n) is 34.3. The summed E-state index contributed by atoms with van der Waals surface area (Å²) in [6, 6.07) is 0. The van der Waals surface area contributed by atoms with Crippen LogP contribution in [0.1, 0.15) is 227 Å². The average Bonchev–Trinajstić information content (AvgIpc) is 3.06. The van der Waals surface area contributed by atoms with Gasteiger partial charge in [-0.1, -0.05) is 27.2 Å². The van der Waals surface area contributed by atoms with Crippen molar-refractivity contribution in [2.75, 3.05) is 17.3 Å². The average molecular weight is 839 g/mol. The van der Waals surface area contributed by atoms with Gasteiger partial charge in [-0.25, -0.2) is 0 Å². The standard InChI is InChI=1S/C12H26O3S.2C12H25O2S.C3H7O.O.Ti/c1-2-3-4-5-6-7-8-9-10-11-12-16(13,14)15;2*1-2-3-4-5-6-7-8-9-10-11-12-15(13)14;1-3(2)4;;/h2-12H2,1H3,(H,13,14,15);2*2-12H2,1H3;3H,1-2H3;;/q;;;-1;;+2/p-1. The first-order valence-corrected chi connectivity index (χ1v) is 32.2. The molecule has 0 N–H and O–H groups in total. The molecule has 0 fully saturated rings. The molecule has 0 aliphatic carbocycles. The van der Waals surface area contributed by atoms with Gasteiger partial charge in [0.25, 0.3) is 0 Å². The van der Waals surface area contributed by atoms with E-state index in [1.54, 1.807) is 0 Å². The molecule has 0 rings (SSSR count). The molecule has 0 aromatic rings. The Bertz CT molecular complexity index is 1210. The molecule has 0 heterocycles. The summed E-state index contributed by atoms with van der Waals surface area (Å²) in [5.41, 5.74) is 0. The van der Waals surface area contributed by atoms with Crippen LogP contribution in [0.5, 0.6) is 0 Å². The zero-order chi connectivity index (χ0) is 39.3. The van der Waals surface area contributed by atoms with Crippen molar-refractivity contribution in [1.82, 2.24) is 0 Å². The number of hydrogen-bond acceptors (Lipinski definition) is 9. The molecular formula is C39H82O9S3Ti. The summed E-state index contributed by atoms with van der Waals surface area (Å²) in [6.45, 7) is 9.26. The number of rotatable bonds is 39. The predicted molar refractivity (Wildman–Crippen MR) is 215 cm³/mol. The third kappa shape index (κ3) is 21.0. The Kier molecular flexibility index (Phi) is 29.7. The summed E-state index contributed by atoms with van der Waals surface area (Å²) in [6.07, 6.45) is 26.6. The number of unbranched alkanes of at least 4 members (excludes halogenated alkanes) is 27. The van der Waals surface area contributed by atoms with Gasteiger partial charge in [-0.15, -0.1) is 0 Å². The van der Waals surface area contributed by atoms with Crippen LogP contribution in [-0.2, 0) is 47.8 Å². The quantitative estimate of drug-likeness (QED) is 0.0437. The fourth-order valence-electron chi connectivity index (χ4n) is 6.76. The van der Waals surface area contributed by atoms with Crippen LogP contribution in [0.3, 0.4) is 0 Å². The van der Waals surface area contributed by atoms with Crippen LogP contribution in [0.4, 0.5) is 0 Å². The second-order valence-electron chi connectivity index (χ2n) is 15.5. The van der Waals surface area contributed by atoms with Crippen LogP contribution < -0.4 is 0 Å². The van der Waals surface area contributed by atoms with Crippen molar-refractivity contribution in [3.05, 3.63) is 0 Å². The van der Waals surface area contributed by atoms with E-state index in [1.807, 2.05) is 0 Å². The van der Waals surface area contributed by atoms with Crippen LogP contribution >= 0.6 is 0 Å². The van der Waals surface area contributed by atoms with E-state index in [4.69, 9.17) is 6.08 Å². The molecule has 0 aliphatic heterocycles. The minimum absolute atomic E-state index is 0.0524. The summed E-state index contributed by atoms with van der Waals surface area (Å²) in [4.78, 5) is 0. The van der Waals surface area contributed by atoms with Crippen molar-refractivity contribution >= 4 is 25.0 Å². The van der Waals surface area contributed by atoms with Gasteiger partial charge < -0.3 is 0 Å². The third-order valence-electron chi connectivity index (χ3n) is 9.99. The summed E-state index contributed by atoms with van der Waals surface area (Å²) >= 11 is -8.14. The summed E-state index contributed by atoms with van der Waals surface area (Å²) in [5.74, 6) is -2.14. The molecule has 0 spiro atoms. The molecule has 0 bridgehead atoms. The Labute approximate surface area is 321 Å². The van der Waals surface area contributed by atoms with Crippen molar-refractivity contribution in [1.29, 1.82) is 0 Å². The van der Waals surface area contributed by atoms with Crippen molar-refractivity contribution in [2.45, 2.75) is 233 Å². The van der Waals surface area contributed by atoms with Gasteiger partial charge >= 0.3 is 296 Å². The van der Waals surface area contributed by atoms with Crippen LogP contribution in [-0.4, -0.2) is 48.6 Å². The monoisotopic (exact) mass is 838 g/mol. The molecule has 52 heavy (non-hydrogen) atoms. The molecule has 314 valence electrons. The van der Waals surface area contributed by atoms with E-state index in [2.05, 4.69) is 20.8 Å². The zero-order valence-corrected chi connectivity index (χ0v) is 38.3. The van der Waals surface area contributed by atoms with Gasteiger partial charge in [0.1, 0.15) is 0 Å². The second kappa shape index (κ2) is 29.5. The Balaban J connectivity index is 5.79. The van der Waals surface area contributed by atoms with Gasteiger partial charge in [0, 0.05) is 0 Å². The molecule has 0 aliphatic rings. The van der Waals surface area contributed by atoms with E-state index >= 15 is 3.32 Å². The van der Waals surface area contributed by atoms with Crippen molar-refractivity contribution < 1.29 is 48.1 Å². The fourth-order valence-corrected chi connectivity index (χ4v) is 36.5. The fraction of sp³-hybridized carbons (Fsp3) is 1.00.